The van der Waals surface area contributed by atoms with E-state index in [-0.39, 0.29) is 5.91 Å². The molecule has 2 heterocycles. The second-order valence-corrected chi connectivity index (χ2v) is 3.65. The molecule has 5 heteroatoms. The third kappa shape index (κ3) is 3.29. The fraction of sp³-hybridized carbons (Fsp3) is 0.455. The molecule has 0 aromatic carbocycles. The molecular weight excluding hydrogens is 206 g/mol. The van der Waals surface area contributed by atoms with Crippen molar-refractivity contribution in [2.75, 3.05) is 38.2 Å². The largest absolute Gasteiger partial charge is 0.379 e. The molecule has 16 heavy (non-hydrogen) atoms. The van der Waals surface area contributed by atoms with Gasteiger partial charge >= 0.3 is 0 Å². The van der Waals surface area contributed by atoms with Gasteiger partial charge in [-0.2, -0.15) is 0 Å². The van der Waals surface area contributed by atoms with Crippen LogP contribution in [0.3, 0.4) is 0 Å². The van der Waals surface area contributed by atoms with E-state index in [0.29, 0.717) is 25.6 Å². The number of hydrogen-bond acceptors (Lipinski definition) is 4. The Hall–Kier alpha value is -1.46. The Kier molecular flexibility index (Phi) is 3.85. The van der Waals surface area contributed by atoms with Gasteiger partial charge < -0.3 is 10.1 Å². The molecule has 0 spiro atoms. The van der Waals surface area contributed by atoms with Gasteiger partial charge in [-0.05, 0) is 12.1 Å². The lowest BCUT2D eigenvalue weighted by Crippen LogP contribution is -2.41. The van der Waals surface area contributed by atoms with Gasteiger partial charge in [-0.3, -0.25) is 9.69 Å². The Bertz CT molecular complexity index is 336. The Balaban J connectivity index is 1.80. The first-order chi connectivity index (χ1) is 7.84. The van der Waals surface area contributed by atoms with Crippen LogP contribution in [0.1, 0.15) is 0 Å². The number of anilines is 1. The second-order valence-electron chi connectivity index (χ2n) is 3.65. The number of carbonyl (C=O) groups excluding carboxylic acids is 1. The fourth-order valence-corrected chi connectivity index (χ4v) is 1.58. The van der Waals surface area contributed by atoms with Crippen LogP contribution in [-0.4, -0.2) is 48.6 Å². The molecule has 0 aliphatic carbocycles. The lowest BCUT2D eigenvalue weighted by atomic mass is 10.4. The minimum Gasteiger partial charge on any atom is -0.379 e. The summed E-state index contributed by atoms with van der Waals surface area (Å²) in [6.07, 6.45) is 1.66. The molecule has 1 amide bonds. The van der Waals surface area contributed by atoms with Crippen LogP contribution in [0.25, 0.3) is 0 Å². The molecule has 1 saturated heterocycles. The van der Waals surface area contributed by atoms with E-state index in [1.54, 1.807) is 12.3 Å². The predicted octanol–water partition coefficient (Wildman–Crippen LogP) is 0.352. The predicted molar refractivity (Wildman–Crippen MR) is 60.1 cm³/mol. The lowest BCUT2D eigenvalue weighted by Gasteiger charge is -2.25. The van der Waals surface area contributed by atoms with Crippen LogP contribution in [0.15, 0.2) is 24.4 Å². The number of morpholine rings is 1. The van der Waals surface area contributed by atoms with Crippen molar-refractivity contribution in [3.8, 4) is 0 Å². The molecule has 1 aliphatic rings. The number of ether oxygens (including phenoxy) is 1. The average molecular weight is 221 g/mol. The Labute approximate surface area is 94.4 Å². The Morgan fingerprint density at radius 3 is 2.94 bits per heavy atom. The van der Waals surface area contributed by atoms with E-state index in [1.165, 1.54) is 0 Å². The molecule has 1 aromatic rings. The van der Waals surface area contributed by atoms with E-state index in [2.05, 4.69) is 15.2 Å². The van der Waals surface area contributed by atoms with Crippen molar-refractivity contribution >= 4 is 11.7 Å². The molecule has 2 rings (SSSR count). The van der Waals surface area contributed by atoms with Gasteiger partial charge in [0.25, 0.3) is 0 Å². The number of amides is 1. The Morgan fingerprint density at radius 2 is 2.25 bits per heavy atom. The normalized spacial score (nSPS) is 17.0. The molecule has 86 valence electrons. The lowest BCUT2D eigenvalue weighted by molar-refractivity contribution is -0.118. The standard InChI is InChI=1S/C11H15N3O2/c15-11(9-14-5-7-16-8-6-14)13-10-3-1-2-4-12-10/h1-4H,5-9H2,(H,12,13,15). The molecule has 0 radical (unpaired) electrons. The highest BCUT2D eigenvalue weighted by molar-refractivity contribution is 5.91. The summed E-state index contributed by atoms with van der Waals surface area (Å²) in [6, 6.07) is 5.44. The van der Waals surface area contributed by atoms with Crippen molar-refractivity contribution in [3.63, 3.8) is 0 Å². The number of rotatable bonds is 3. The molecular formula is C11H15N3O2. The summed E-state index contributed by atoms with van der Waals surface area (Å²) in [6.45, 7) is 3.44. The third-order valence-electron chi connectivity index (χ3n) is 2.40. The van der Waals surface area contributed by atoms with Crippen LogP contribution in [0, 0.1) is 0 Å². The van der Waals surface area contributed by atoms with Gasteiger partial charge in [0.1, 0.15) is 5.82 Å². The number of hydrogen-bond donors (Lipinski definition) is 1. The summed E-state index contributed by atoms with van der Waals surface area (Å²) < 4.78 is 5.21. The van der Waals surface area contributed by atoms with Crippen LogP contribution in [0.4, 0.5) is 5.82 Å². The summed E-state index contributed by atoms with van der Waals surface area (Å²) in [5.41, 5.74) is 0. The third-order valence-corrected chi connectivity index (χ3v) is 2.40. The van der Waals surface area contributed by atoms with Gasteiger partial charge in [0.15, 0.2) is 0 Å². The van der Waals surface area contributed by atoms with Gasteiger partial charge in [-0.25, -0.2) is 4.98 Å². The van der Waals surface area contributed by atoms with Crippen molar-refractivity contribution in [2.24, 2.45) is 0 Å². The zero-order valence-electron chi connectivity index (χ0n) is 9.06. The van der Waals surface area contributed by atoms with Gasteiger partial charge in [-0.15, -0.1) is 0 Å². The van der Waals surface area contributed by atoms with Gasteiger partial charge in [-0.1, -0.05) is 6.07 Å². The zero-order valence-corrected chi connectivity index (χ0v) is 9.06. The van der Waals surface area contributed by atoms with E-state index < -0.39 is 0 Å². The highest BCUT2D eigenvalue weighted by atomic mass is 16.5. The molecule has 1 fully saturated rings. The van der Waals surface area contributed by atoms with Crippen molar-refractivity contribution in [2.45, 2.75) is 0 Å². The second kappa shape index (κ2) is 5.58. The molecule has 0 atom stereocenters. The molecule has 0 saturated carbocycles. The average Bonchev–Trinajstić information content (AvgIpc) is 2.31. The van der Waals surface area contributed by atoms with Crippen molar-refractivity contribution in [3.05, 3.63) is 24.4 Å². The van der Waals surface area contributed by atoms with Crippen LogP contribution >= 0.6 is 0 Å². The van der Waals surface area contributed by atoms with Gasteiger partial charge in [0, 0.05) is 19.3 Å². The Morgan fingerprint density at radius 1 is 1.44 bits per heavy atom. The van der Waals surface area contributed by atoms with Crippen LogP contribution < -0.4 is 5.32 Å². The van der Waals surface area contributed by atoms with Crippen molar-refractivity contribution in [1.82, 2.24) is 9.88 Å². The van der Waals surface area contributed by atoms with Gasteiger partial charge in [0.2, 0.25) is 5.91 Å². The first-order valence-electron chi connectivity index (χ1n) is 5.35. The first-order valence-corrected chi connectivity index (χ1v) is 5.35. The van der Waals surface area contributed by atoms with E-state index in [4.69, 9.17) is 4.74 Å². The van der Waals surface area contributed by atoms with Crippen LogP contribution in [0.5, 0.6) is 0 Å². The summed E-state index contributed by atoms with van der Waals surface area (Å²) in [5.74, 6) is 0.571. The number of nitrogens with zero attached hydrogens (tertiary/aromatic N) is 2. The fourth-order valence-electron chi connectivity index (χ4n) is 1.58. The number of pyridine rings is 1. The van der Waals surface area contributed by atoms with E-state index in [9.17, 15) is 4.79 Å². The smallest absolute Gasteiger partial charge is 0.239 e. The van der Waals surface area contributed by atoms with Crippen molar-refractivity contribution in [1.29, 1.82) is 0 Å². The number of carbonyl (C=O) groups is 1. The molecule has 5 nitrogen and oxygen atoms in total. The molecule has 0 bridgehead atoms. The van der Waals surface area contributed by atoms with Crippen LogP contribution in [-0.2, 0) is 9.53 Å². The maximum Gasteiger partial charge on any atom is 0.239 e. The summed E-state index contributed by atoms with van der Waals surface area (Å²) in [4.78, 5) is 17.8. The summed E-state index contributed by atoms with van der Waals surface area (Å²) >= 11 is 0. The van der Waals surface area contributed by atoms with Crippen molar-refractivity contribution < 1.29 is 9.53 Å². The van der Waals surface area contributed by atoms with E-state index in [1.807, 2.05) is 12.1 Å². The van der Waals surface area contributed by atoms with Gasteiger partial charge in [0.05, 0.1) is 19.8 Å². The molecule has 1 N–H and O–H groups in total. The number of nitrogens with one attached hydrogen (secondary N) is 1. The highest BCUT2D eigenvalue weighted by Gasteiger charge is 2.14. The first kappa shape index (κ1) is 11.0. The minimum absolute atomic E-state index is 0.0272. The SMILES string of the molecule is O=C(CN1CCOCC1)Nc1ccccn1. The number of aromatic nitrogens is 1. The van der Waals surface area contributed by atoms with E-state index >= 15 is 0 Å². The monoisotopic (exact) mass is 221 g/mol. The minimum atomic E-state index is -0.0272. The summed E-state index contributed by atoms with van der Waals surface area (Å²) in [7, 11) is 0. The topological polar surface area (TPSA) is 54.5 Å². The highest BCUT2D eigenvalue weighted by Crippen LogP contribution is 2.01. The zero-order chi connectivity index (χ0) is 11.2. The summed E-state index contributed by atoms with van der Waals surface area (Å²) in [5, 5.41) is 2.76. The van der Waals surface area contributed by atoms with E-state index in [0.717, 1.165) is 13.1 Å². The molecule has 1 aliphatic heterocycles. The maximum absolute atomic E-state index is 11.6. The maximum atomic E-state index is 11.6. The van der Waals surface area contributed by atoms with Crippen LogP contribution in [0.2, 0.25) is 0 Å². The quantitative estimate of drug-likeness (QED) is 0.800. The molecule has 0 unspecified atom stereocenters. The molecule has 1 aromatic heterocycles.